The third kappa shape index (κ3) is 4.37. The lowest BCUT2D eigenvalue weighted by atomic mass is 10.3. The van der Waals surface area contributed by atoms with E-state index < -0.39 is 0 Å². The first kappa shape index (κ1) is 18.7. The average molecular weight is 375 g/mol. The smallest absolute Gasteiger partial charge is 0.233 e. The highest BCUT2D eigenvalue weighted by molar-refractivity contribution is 7.99. The minimum atomic E-state index is 0.159. The van der Waals surface area contributed by atoms with Crippen molar-refractivity contribution in [3.05, 3.63) is 30.1 Å². The molecule has 0 atom stereocenters. The predicted octanol–water partition coefficient (Wildman–Crippen LogP) is 1.84. The molecule has 0 spiro atoms. The van der Waals surface area contributed by atoms with Gasteiger partial charge in [0.15, 0.2) is 5.16 Å². The molecule has 1 fully saturated rings. The summed E-state index contributed by atoms with van der Waals surface area (Å²) in [6.45, 7) is 5.50. The third-order valence-electron chi connectivity index (χ3n) is 4.52. The van der Waals surface area contributed by atoms with Crippen molar-refractivity contribution in [3.63, 3.8) is 0 Å². The lowest BCUT2D eigenvalue weighted by Crippen LogP contribution is -2.35. The molecule has 3 rings (SSSR count). The van der Waals surface area contributed by atoms with Gasteiger partial charge in [0.25, 0.3) is 0 Å². The summed E-state index contributed by atoms with van der Waals surface area (Å²) in [5, 5.41) is 9.16. The molecule has 1 aliphatic rings. The van der Waals surface area contributed by atoms with E-state index in [1.54, 1.807) is 7.11 Å². The Morgan fingerprint density at radius 3 is 2.65 bits per heavy atom. The molecule has 26 heavy (non-hydrogen) atoms. The van der Waals surface area contributed by atoms with Crippen LogP contribution >= 0.6 is 11.8 Å². The van der Waals surface area contributed by atoms with Crippen LogP contribution in [0.4, 0.5) is 0 Å². The van der Waals surface area contributed by atoms with Crippen LogP contribution in [-0.2, 0) is 4.79 Å². The van der Waals surface area contributed by atoms with Gasteiger partial charge in [0.2, 0.25) is 5.91 Å². The highest BCUT2D eigenvalue weighted by Crippen LogP contribution is 2.23. The van der Waals surface area contributed by atoms with Gasteiger partial charge in [-0.05, 0) is 51.2 Å². The first-order chi connectivity index (χ1) is 12.6. The molecule has 7 nitrogen and oxygen atoms in total. The Kier molecular flexibility index (Phi) is 6.16. The summed E-state index contributed by atoms with van der Waals surface area (Å²) in [7, 11) is 3.75. The number of hydrogen-bond acceptors (Lipinski definition) is 6. The van der Waals surface area contributed by atoms with Crippen LogP contribution in [-0.4, -0.2) is 76.6 Å². The highest BCUT2D eigenvalue weighted by Gasteiger charge is 2.19. The summed E-state index contributed by atoms with van der Waals surface area (Å²) in [6, 6.07) is 7.74. The van der Waals surface area contributed by atoms with E-state index in [0.717, 1.165) is 55.0 Å². The SMILES string of the molecule is COc1ccc(-n2c(C)nnc2SCC(=O)N2CCCN(C)CC2)cc1. The molecular weight excluding hydrogens is 350 g/mol. The van der Waals surface area contributed by atoms with Gasteiger partial charge in [-0.2, -0.15) is 0 Å². The number of carbonyl (C=O) groups excluding carboxylic acids is 1. The van der Waals surface area contributed by atoms with Crippen LogP contribution in [0.25, 0.3) is 5.69 Å². The minimum Gasteiger partial charge on any atom is -0.497 e. The van der Waals surface area contributed by atoms with Gasteiger partial charge >= 0.3 is 0 Å². The Morgan fingerprint density at radius 2 is 1.92 bits per heavy atom. The number of aryl methyl sites for hydroxylation is 1. The number of thioether (sulfide) groups is 1. The first-order valence-corrected chi connectivity index (χ1v) is 9.72. The maximum Gasteiger partial charge on any atom is 0.233 e. The molecule has 1 saturated heterocycles. The first-order valence-electron chi connectivity index (χ1n) is 8.74. The van der Waals surface area contributed by atoms with E-state index in [4.69, 9.17) is 4.74 Å². The number of rotatable bonds is 5. The summed E-state index contributed by atoms with van der Waals surface area (Å²) in [5.74, 6) is 2.13. The molecule has 1 aromatic carbocycles. The maximum absolute atomic E-state index is 12.6. The Bertz CT molecular complexity index is 747. The van der Waals surface area contributed by atoms with Crippen molar-refractivity contribution < 1.29 is 9.53 Å². The van der Waals surface area contributed by atoms with Crippen molar-refractivity contribution in [2.45, 2.75) is 18.5 Å². The summed E-state index contributed by atoms with van der Waals surface area (Å²) in [4.78, 5) is 16.8. The summed E-state index contributed by atoms with van der Waals surface area (Å²) >= 11 is 1.44. The van der Waals surface area contributed by atoms with Gasteiger partial charge in [0, 0.05) is 25.3 Å². The van der Waals surface area contributed by atoms with Crippen molar-refractivity contribution in [2.75, 3.05) is 46.1 Å². The largest absolute Gasteiger partial charge is 0.497 e. The fraction of sp³-hybridized carbons (Fsp3) is 0.500. The molecule has 2 heterocycles. The maximum atomic E-state index is 12.6. The Morgan fingerprint density at radius 1 is 1.15 bits per heavy atom. The molecule has 0 aliphatic carbocycles. The lowest BCUT2D eigenvalue weighted by molar-refractivity contribution is -0.128. The fourth-order valence-electron chi connectivity index (χ4n) is 2.98. The van der Waals surface area contributed by atoms with Crippen LogP contribution in [0.2, 0.25) is 0 Å². The Labute approximate surface area is 158 Å². The summed E-state index contributed by atoms with van der Waals surface area (Å²) in [5.41, 5.74) is 0.958. The quantitative estimate of drug-likeness (QED) is 0.743. The van der Waals surface area contributed by atoms with Crippen LogP contribution in [0.3, 0.4) is 0 Å². The molecule has 0 radical (unpaired) electrons. The van der Waals surface area contributed by atoms with E-state index in [0.29, 0.717) is 5.75 Å². The van der Waals surface area contributed by atoms with Gasteiger partial charge in [-0.1, -0.05) is 11.8 Å². The average Bonchev–Trinajstić information content (AvgIpc) is 2.88. The van der Waals surface area contributed by atoms with Gasteiger partial charge < -0.3 is 14.5 Å². The molecule has 1 aromatic heterocycles. The zero-order valence-corrected chi connectivity index (χ0v) is 16.3. The summed E-state index contributed by atoms with van der Waals surface area (Å²) in [6.07, 6.45) is 1.02. The molecule has 8 heteroatoms. The Balaban J connectivity index is 1.67. The molecule has 1 amide bonds. The number of ether oxygens (including phenoxy) is 1. The number of benzene rings is 1. The second-order valence-electron chi connectivity index (χ2n) is 6.39. The zero-order chi connectivity index (χ0) is 18.5. The van der Waals surface area contributed by atoms with Crippen molar-refractivity contribution in [1.29, 1.82) is 0 Å². The second-order valence-corrected chi connectivity index (χ2v) is 7.33. The summed E-state index contributed by atoms with van der Waals surface area (Å²) < 4.78 is 7.18. The molecular formula is C18H25N5O2S. The molecule has 2 aromatic rings. The number of carbonyl (C=O) groups is 1. The predicted molar refractivity (Wildman–Crippen MR) is 102 cm³/mol. The molecule has 140 valence electrons. The fourth-order valence-corrected chi connectivity index (χ4v) is 3.88. The van der Waals surface area contributed by atoms with Gasteiger partial charge in [0.05, 0.1) is 12.9 Å². The minimum absolute atomic E-state index is 0.159. The van der Waals surface area contributed by atoms with E-state index in [-0.39, 0.29) is 5.91 Å². The van der Waals surface area contributed by atoms with Crippen LogP contribution in [0.15, 0.2) is 29.4 Å². The highest BCUT2D eigenvalue weighted by atomic mass is 32.2. The van der Waals surface area contributed by atoms with E-state index in [1.165, 1.54) is 11.8 Å². The van der Waals surface area contributed by atoms with Crippen LogP contribution in [0.5, 0.6) is 5.75 Å². The molecule has 0 unspecified atom stereocenters. The molecule has 0 saturated carbocycles. The van der Waals surface area contributed by atoms with Gasteiger partial charge in [0.1, 0.15) is 11.6 Å². The van der Waals surface area contributed by atoms with E-state index in [9.17, 15) is 4.79 Å². The second kappa shape index (κ2) is 8.55. The monoisotopic (exact) mass is 375 g/mol. The normalized spacial score (nSPS) is 15.7. The number of nitrogens with zero attached hydrogens (tertiary/aromatic N) is 5. The van der Waals surface area contributed by atoms with E-state index in [2.05, 4.69) is 22.1 Å². The van der Waals surface area contributed by atoms with E-state index in [1.807, 2.05) is 40.7 Å². The molecule has 1 aliphatic heterocycles. The van der Waals surface area contributed by atoms with Crippen LogP contribution in [0.1, 0.15) is 12.2 Å². The van der Waals surface area contributed by atoms with Crippen molar-refractivity contribution in [2.24, 2.45) is 0 Å². The Hall–Kier alpha value is -2.06. The van der Waals surface area contributed by atoms with Gasteiger partial charge in [-0.3, -0.25) is 9.36 Å². The standard InChI is InChI=1S/C18H25N5O2S/c1-14-19-20-18(23(14)15-5-7-16(25-3)8-6-15)26-13-17(24)22-10-4-9-21(2)11-12-22/h5-8H,4,9-13H2,1-3H3. The molecule has 0 bridgehead atoms. The number of likely N-dealkylation sites (N-methyl/N-ethyl adjacent to an activating group) is 1. The topological polar surface area (TPSA) is 63.5 Å². The van der Waals surface area contributed by atoms with Crippen molar-refractivity contribution in [1.82, 2.24) is 24.6 Å². The third-order valence-corrected chi connectivity index (χ3v) is 5.44. The van der Waals surface area contributed by atoms with Crippen LogP contribution < -0.4 is 4.74 Å². The van der Waals surface area contributed by atoms with Gasteiger partial charge in [-0.15, -0.1) is 10.2 Å². The van der Waals surface area contributed by atoms with Crippen LogP contribution in [0, 0.1) is 6.92 Å². The van der Waals surface area contributed by atoms with Crippen molar-refractivity contribution >= 4 is 17.7 Å². The number of amides is 1. The lowest BCUT2D eigenvalue weighted by Gasteiger charge is -2.20. The number of aromatic nitrogens is 3. The number of methoxy groups -OCH3 is 1. The van der Waals surface area contributed by atoms with Gasteiger partial charge in [-0.25, -0.2) is 0 Å². The zero-order valence-electron chi connectivity index (χ0n) is 15.5. The molecule has 0 N–H and O–H groups in total. The number of hydrogen-bond donors (Lipinski definition) is 0. The van der Waals surface area contributed by atoms with Crippen molar-refractivity contribution in [3.8, 4) is 11.4 Å². The van der Waals surface area contributed by atoms with E-state index >= 15 is 0 Å².